The van der Waals surface area contributed by atoms with Gasteiger partial charge in [-0.3, -0.25) is 4.79 Å². The molecule has 1 saturated heterocycles. The van der Waals surface area contributed by atoms with E-state index in [4.69, 9.17) is 16.6 Å². The molecule has 35 heavy (non-hydrogen) atoms. The predicted octanol–water partition coefficient (Wildman–Crippen LogP) is 2.56. The number of hydrogen-bond acceptors (Lipinski definition) is 8. The molecule has 0 aliphatic carbocycles. The molecule has 4 aromatic rings. The van der Waals surface area contributed by atoms with Crippen molar-refractivity contribution in [3.8, 4) is 11.1 Å². The fraction of sp³-hybridized carbons (Fsp3) is 0.292. The van der Waals surface area contributed by atoms with E-state index in [1.54, 1.807) is 42.3 Å². The Kier molecular flexibility index (Phi) is 6.47. The Labute approximate surface area is 208 Å². The number of carbonyl (C=O) groups excluding carboxylic acids is 1. The minimum Gasteiger partial charge on any atom is -0.357 e. The predicted molar refractivity (Wildman–Crippen MR) is 136 cm³/mol. The molecule has 0 unspecified atom stereocenters. The molecule has 5 rings (SSSR count). The Hall–Kier alpha value is -3.76. The van der Waals surface area contributed by atoms with E-state index in [0.717, 1.165) is 48.7 Å². The van der Waals surface area contributed by atoms with Crippen molar-refractivity contribution in [3.05, 3.63) is 65.2 Å². The number of benzene rings is 1. The van der Waals surface area contributed by atoms with Crippen LogP contribution in [0.3, 0.4) is 0 Å². The van der Waals surface area contributed by atoms with Gasteiger partial charge in [-0.05, 0) is 24.7 Å². The highest BCUT2D eigenvalue weighted by Crippen LogP contribution is 2.27. The van der Waals surface area contributed by atoms with Crippen LogP contribution in [-0.2, 0) is 6.54 Å². The number of rotatable bonds is 6. The topological polar surface area (TPSA) is 104 Å². The Morgan fingerprint density at radius 1 is 1.06 bits per heavy atom. The van der Waals surface area contributed by atoms with Crippen LogP contribution in [0.4, 0.5) is 11.8 Å². The van der Waals surface area contributed by atoms with Crippen molar-refractivity contribution in [2.24, 2.45) is 0 Å². The van der Waals surface area contributed by atoms with Crippen LogP contribution in [0.25, 0.3) is 16.8 Å². The minimum atomic E-state index is -0.258. The van der Waals surface area contributed by atoms with Crippen molar-refractivity contribution in [2.45, 2.75) is 6.54 Å². The van der Waals surface area contributed by atoms with Gasteiger partial charge in [-0.1, -0.05) is 23.7 Å². The lowest BCUT2D eigenvalue weighted by Crippen LogP contribution is -2.45. The van der Waals surface area contributed by atoms with Gasteiger partial charge in [0.1, 0.15) is 11.5 Å². The standard InChI is InChI=1S/C24H26ClN9O/c1-26-24-28-13-17(14-29-24)19-15-30-34-21(33-9-7-32(2)8-10-33)11-20(31-22(19)34)23(35)27-12-16-3-5-18(25)6-4-16/h3-6,11,13-15H,7-10,12H2,1-2H3,(H,27,35)(H,26,28,29). The maximum absolute atomic E-state index is 13.2. The number of hydrogen-bond donors (Lipinski definition) is 2. The molecule has 0 atom stereocenters. The van der Waals surface area contributed by atoms with Gasteiger partial charge in [0.25, 0.3) is 5.91 Å². The van der Waals surface area contributed by atoms with Gasteiger partial charge >= 0.3 is 0 Å². The molecule has 4 heterocycles. The van der Waals surface area contributed by atoms with E-state index in [1.165, 1.54) is 0 Å². The van der Waals surface area contributed by atoms with Gasteiger partial charge in [0, 0.05) is 74.4 Å². The Bertz CT molecular complexity index is 1330. The number of amides is 1. The molecule has 1 aliphatic heterocycles. The molecule has 3 aromatic heterocycles. The SMILES string of the molecule is CNc1ncc(-c2cnn3c(N4CCN(C)CC4)cc(C(=O)NCc4ccc(Cl)cc4)nc23)cn1. The minimum absolute atomic E-state index is 0.258. The highest BCUT2D eigenvalue weighted by Gasteiger charge is 2.22. The van der Waals surface area contributed by atoms with E-state index < -0.39 is 0 Å². The van der Waals surface area contributed by atoms with E-state index in [9.17, 15) is 4.79 Å². The number of halogens is 1. The van der Waals surface area contributed by atoms with Crippen LogP contribution in [0.15, 0.2) is 48.9 Å². The molecule has 0 saturated carbocycles. The molecular formula is C24H26ClN9O. The first-order valence-corrected chi connectivity index (χ1v) is 11.7. The highest BCUT2D eigenvalue weighted by molar-refractivity contribution is 6.30. The first kappa shape index (κ1) is 23.0. The molecule has 0 bridgehead atoms. The number of likely N-dealkylation sites (N-methyl/N-ethyl adjacent to an activating group) is 1. The lowest BCUT2D eigenvalue weighted by atomic mass is 10.2. The van der Waals surface area contributed by atoms with Gasteiger partial charge in [-0.15, -0.1) is 0 Å². The largest absolute Gasteiger partial charge is 0.357 e. The van der Waals surface area contributed by atoms with Crippen molar-refractivity contribution in [2.75, 3.05) is 50.5 Å². The summed E-state index contributed by atoms with van der Waals surface area (Å²) in [4.78, 5) is 31.0. The second kappa shape index (κ2) is 9.85. The van der Waals surface area contributed by atoms with Crippen molar-refractivity contribution >= 4 is 34.9 Å². The molecule has 1 aromatic carbocycles. The number of anilines is 2. The first-order chi connectivity index (χ1) is 17.0. The second-order valence-corrected chi connectivity index (χ2v) is 8.87. The summed E-state index contributed by atoms with van der Waals surface area (Å²) < 4.78 is 1.79. The molecule has 1 amide bonds. The van der Waals surface area contributed by atoms with Gasteiger partial charge in [-0.2, -0.15) is 9.61 Å². The van der Waals surface area contributed by atoms with Gasteiger partial charge in [0.05, 0.1) is 6.20 Å². The summed E-state index contributed by atoms with van der Waals surface area (Å²) in [5.41, 5.74) is 3.40. The zero-order chi connectivity index (χ0) is 24.4. The third-order valence-electron chi connectivity index (χ3n) is 6.07. The van der Waals surface area contributed by atoms with Gasteiger partial charge in [0.15, 0.2) is 5.65 Å². The van der Waals surface area contributed by atoms with Crippen molar-refractivity contribution in [1.29, 1.82) is 0 Å². The summed E-state index contributed by atoms with van der Waals surface area (Å²) in [5, 5.41) is 11.2. The van der Waals surface area contributed by atoms with Crippen molar-refractivity contribution < 1.29 is 4.79 Å². The Balaban J connectivity index is 1.51. The molecule has 1 aliphatic rings. The summed E-state index contributed by atoms with van der Waals surface area (Å²) in [7, 11) is 3.87. The quantitative estimate of drug-likeness (QED) is 0.424. The average molecular weight is 492 g/mol. The molecular weight excluding hydrogens is 466 g/mol. The summed E-state index contributed by atoms with van der Waals surface area (Å²) in [6.07, 6.45) is 5.19. The molecule has 11 heteroatoms. The molecule has 1 fully saturated rings. The van der Waals surface area contributed by atoms with Crippen LogP contribution in [0, 0.1) is 0 Å². The van der Waals surface area contributed by atoms with Crippen LogP contribution in [-0.4, -0.2) is 75.6 Å². The monoisotopic (exact) mass is 491 g/mol. The molecule has 10 nitrogen and oxygen atoms in total. The lowest BCUT2D eigenvalue weighted by molar-refractivity contribution is 0.0946. The number of nitrogens with zero attached hydrogens (tertiary/aromatic N) is 7. The number of carbonyl (C=O) groups is 1. The van der Waals surface area contributed by atoms with Crippen LogP contribution < -0.4 is 15.5 Å². The third kappa shape index (κ3) is 4.89. The van der Waals surface area contributed by atoms with Crippen molar-refractivity contribution in [1.82, 2.24) is 34.8 Å². The van der Waals surface area contributed by atoms with E-state index in [-0.39, 0.29) is 5.91 Å². The number of piperazine rings is 1. The summed E-state index contributed by atoms with van der Waals surface area (Å²) >= 11 is 5.97. The van der Waals surface area contributed by atoms with Crippen LogP contribution >= 0.6 is 11.6 Å². The molecule has 180 valence electrons. The van der Waals surface area contributed by atoms with Gasteiger partial charge in [-0.25, -0.2) is 15.0 Å². The van der Waals surface area contributed by atoms with E-state index >= 15 is 0 Å². The van der Waals surface area contributed by atoms with Gasteiger partial charge < -0.3 is 20.4 Å². The summed E-state index contributed by atoms with van der Waals surface area (Å²) in [6.45, 7) is 3.89. The maximum Gasteiger partial charge on any atom is 0.270 e. The average Bonchev–Trinajstić information content (AvgIpc) is 3.32. The van der Waals surface area contributed by atoms with Crippen LogP contribution in [0.2, 0.25) is 5.02 Å². The van der Waals surface area contributed by atoms with Crippen molar-refractivity contribution in [3.63, 3.8) is 0 Å². The molecule has 0 radical (unpaired) electrons. The maximum atomic E-state index is 13.2. The normalized spacial score (nSPS) is 14.3. The molecule has 0 spiro atoms. The fourth-order valence-electron chi connectivity index (χ4n) is 4.00. The summed E-state index contributed by atoms with van der Waals surface area (Å²) in [5.74, 6) is 1.10. The fourth-order valence-corrected chi connectivity index (χ4v) is 4.13. The third-order valence-corrected chi connectivity index (χ3v) is 6.32. The zero-order valence-corrected chi connectivity index (χ0v) is 20.3. The zero-order valence-electron chi connectivity index (χ0n) is 19.6. The first-order valence-electron chi connectivity index (χ1n) is 11.4. The second-order valence-electron chi connectivity index (χ2n) is 8.44. The van der Waals surface area contributed by atoms with E-state index in [2.05, 4.69) is 42.5 Å². The molecule has 2 N–H and O–H groups in total. The number of nitrogens with one attached hydrogen (secondary N) is 2. The smallest absolute Gasteiger partial charge is 0.270 e. The number of aromatic nitrogens is 5. The van der Waals surface area contributed by atoms with Crippen LogP contribution in [0.5, 0.6) is 0 Å². The van der Waals surface area contributed by atoms with Crippen LogP contribution in [0.1, 0.15) is 16.1 Å². The highest BCUT2D eigenvalue weighted by atomic mass is 35.5. The number of fused-ring (bicyclic) bond motifs is 1. The van der Waals surface area contributed by atoms with E-state index in [0.29, 0.717) is 28.9 Å². The Morgan fingerprint density at radius 2 is 1.77 bits per heavy atom. The summed E-state index contributed by atoms with van der Waals surface area (Å²) in [6, 6.07) is 9.20. The lowest BCUT2D eigenvalue weighted by Gasteiger charge is -2.34. The van der Waals surface area contributed by atoms with Gasteiger partial charge in [0.2, 0.25) is 5.95 Å². The Morgan fingerprint density at radius 3 is 2.46 bits per heavy atom. The van der Waals surface area contributed by atoms with E-state index in [1.807, 2.05) is 18.2 Å².